The Bertz CT molecular complexity index is 376. The molecule has 1 aromatic rings. The van der Waals surface area contributed by atoms with Crippen LogP contribution in [0.3, 0.4) is 0 Å². The smallest absolute Gasteiger partial charge is 0.234 e. The summed E-state index contributed by atoms with van der Waals surface area (Å²) in [7, 11) is 1.97. The second-order valence-electron chi connectivity index (χ2n) is 5.00. The lowest BCUT2D eigenvalue weighted by atomic mass is 10.2. The zero-order chi connectivity index (χ0) is 13.5. The van der Waals surface area contributed by atoms with Crippen molar-refractivity contribution in [2.75, 3.05) is 20.1 Å². The molecule has 0 saturated heterocycles. The number of amides is 1. The van der Waals surface area contributed by atoms with E-state index in [1.807, 2.05) is 11.9 Å². The van der Waals surface area contributed by atoms with Gasteiger partial charge in [0.1, 0.15) is 0 Å². The fraction of sp³-hybridized carbons (Fsp3) is 0.500. The van der Waals surface area contributed by atoms with Gasteiger partial charge < -0.3 is 5.32 Å². The largest absolute Gasteiger partial charge is 0.355 e. The second kappa shape index (κ2) is 7.74. The minimum absolute atomic E-state index is 0.0942. The maximum atomic E-state index is 11.6. The van der Waals surface area contributed by atoms with Gasteiger partial charge in [-0.2, -0.15) is 0 Å². The number of hydrogen-bond donors (Lipinski definition) is 1. The van der Waals surface area contributed by atoms with Crippen LogP contribution in [-0.4, -0.2) is 30.9 Å². The summed E-state index contributed by atoms with van der Waals surface area (Å²) >= 11 is 2.29. The Morgan fingerprint density at radius 1 is 1.33 bits per heavy atom. The van der Waals surface area contributed by atoms with Gasteiger partial charge in [-0.05, 0) is 53.3 Å². The summed E-state index contributed by atoms with van der Waals surface area (Å²) < 4.78 is 1.23. The van der Waals surface area contributed by atoms with Crippen molar-refractivity contribution in [2.45, 2.75) is 20.4 Å². The third-order valence-electron chi connectivity index (χ3n) is 2.49. The minimum Gasteiger partial charge on any atom is -0.355 e. The summed E-state index contributed by atoms with van der Waals surface area (Å²) in [5.41, 5.74) is 1.23. The van der Waals surface area contributed by atoms with Crippen molar-refractivity contribution in [3.63, 3.8) is 0 Å². The molecule has 1 amide bonds. The number of nitrogens with zero attached hydrogens (tertiary/aromatic N) is 1. The molecule has 0 aromatic heterocycles. The van der Waals surface area contributed by atoms with Crippen LogP contribution in [0.2, 0.25) is 0 Å². The average Bonchev–Trinajstić information content (AvgIpc) is 2.29. The Morgan fingerprint density at radius 3 is 2.50 bits per heavy atom. The van der Waals surface area contributed by atoms with Crippen LogP contribution in [0.4, 0.5) is 0 Å². The van der Waals surface area contributed by atoms with Crippen molar-refractivity contribution in [3.8, 4) is 0 Å². The summed E-state index contributed by atoms with van der Waals surface area (Å²) in [6.45, 7) is 6.17. The predicted octanol–water partition coefficient (Wildman–Crippen LogP) is 2.50. The molecule has 4 heteroatoms. The van der Waals surface area contributed by atoms with E-state index in [1.54, 1.807) is 0 Å². The summed E-state index contributed by atoms with van der Waals surface area (Å²) in [5, 5.41) is 2.93. The molecule has 0 saturated carbocycles. The third kappa shape index (κ3) is 6.35. The molecule has 1 N–H and O–H groups in total. The summed E-state index contributed by atoms with van der Waals surface area (Å²) in [5.74, 6) is 0.590. The van der Waals surface area contributed by atoms with Crippen LogP contribution < -0.4 is 5.32 Å². The van der Waals surface area contributed by atoms with Crippen LogP contribution in [0.25, 0.3) is 0 Å². The molecule has 1 aromatic carbocycles. The Labute approximate surface area is 123 Å². The molecule has 0 aliphatic heterocycles. The number of carbonyl (C=O) groups excluding carboxylic acids is 1. The molecule has 0 fully saturated rings. The van der Waals surface area contributed by atoms with Gasteiger partial charge in [-0.1, -0.05) is 26.0 Å². The van der Waals surface area contributed by atoms with E-state index in [-0.39, 0.29) is 5.91 Å². The van der Waals surface area contributed by atoms with Crippen LogP contribution in [0.1, 0.15) is 19.4 Å². The summed E-state index contributed by atoms with van der Waals surface area (Å²) in [6, 6.07) is 8.37. The lowest BCUT2D eigenvalue weighted by Crippen LogP contribution is -2.36. The lowest BCUT2D eigenvalue weighted by Gasteiger charge is -2.17. The first kappa shape index (κ1) is 15.4. The first-order chi connectivity index (χ1) is 8.47. The quantitative estimate of drug-likeness (QED) is 0.791. The number of rotatable bonds is 6. The molecule has 3 nitrogen and oxygen atoms in total. The molecule has 18 heavy (non-hydrogen) atoms. The number of nitrogens with one attached hydrogen (secondary N) is 1. The molecule has 0 unspecified atom stereocenters. The van der Waals surface area contributed by atoms with Crippen molar-refractivity contribution >= 4 is 28.5 Å². The van der Waals surface area contributed by atoms with E-state index in [0.29, 0.717) is 12.5 Å². The number of carbonyl (C=O) groups is 1. The van der Waals surface area contributed by atoms with Crippen molar-refractivity contribution in [3.05, 3.63) is 33.4 Å². The Hall–Kier alpha value is -0.620. The van der Waals surface area contributed by atoms with E-state index in [1.165, 1.54) is 9.13 Å². The van der Waals surface area contributed by atoms with Gasteiger partial charge >= 0.3 is 0 Å². The van der Waals surface area contributed by atoms with E-state index in [9.17, 15) is 4.79 Å². The maximum absolute atomic E-state index is 11.6. The standard InChI is InChI=1S/C14H21IN2O/c1-11(2)8-16-14(18)10-17(3)9-12-4-6-13(15)7-5-12/h4-7,11H,8-10H2,1-3H3,(H,16,18). The Kier molecular flexibility index (Phi) is 6.63. The lowest BCUT2D eigenvalue weighted by molar-refractivity contribution is -0.122. The average molecular weight is 360 g/mol. The van der Waals surface area contributed by atoms with Crippen LogP contribution in [0.5, 0.6) is 0 Å². The second-order valence-corrected chi connectivity index (χ2v) is 6.24. The van der Waals surface area contributed by atoms with Gasteiger partial charge in [0.15, 0.2) is 0 Å². The first-order valence-electron chi connectivity index (χ1n) is 6.17. The van der Waals surface area contributed by atoms with Gasteiger partial charge in [0.05, 0.1) is 6.54 Å². The number of benzene rings is 1. The van der Waals surface area contributed by atoms with Gasteiger partial charge in [-0.25, -0.2) is 0 Å². The van der Waals surface area contributed by atoms with Crippen molar-refractivity contribution in [1.82, 2.24) is 10.2 Å². The summed E-state index contributed by atoms with van der Waals surface area (Å²) in [4.78, 5) is 13.7. The van der Waals surface area contributed by atoms with E-state index in [4.69, 9.17) is 0 Å². The SMILES string of the molecule is CC(C)CNC(=O)CN(C)Cc1ccc(I)cc1. The molecule has 0 spiro atoms. The van der Waals surface area contributed by atoms with Gasteiger partial charge in [-0.3, -0.25) is 9.69 Å². The third-order valence-corrected chi connectivity index (χ3v) is 3.21. The predicted molar refractivity (Wildman–Crippen MR) is 83.3 cm³/mol. The fourth-order valence-corrected chi connectivity index (χ4v) is 1.94. The highest BCUT2D eigenvalue weighted by molar-refractivity contribution is 14.1. The molecule has 0 aliphatic carbocycles. The molecule has 0 bridgehead atoms. The molecule has 0 heterocycles. The van der Waals surface area contributed by atoms with Gasteiger partial charge in [0.25, 0.3) is 0 Å². The highest BCUT2D eigenvalue weighted by Crippen LogP contribution is 2.08. The number of hydrogen-bond acceptors (Lipinski definition) is 2. The molecule has 1 rings (SSSR count). The van der Waals surface area contributed by atoms with Crippen LogP contribution in [0, 0.1) is 9.49 Å². The van der Waals surface area contributed by atoms with Crippen LogP contribution in [-0.2, 0) is 11.3 Å². The van der Waals surface area contributed by atoms with Crippen molar-refractivity contribution < 1.29 is 4.79 Å². The van der Waals surface area contributed by atoms with Gasteiger partial charge in [0.2, 0.25) is 5.91 Å². The monoisotopic (exact) mass is 360 g/mol. The van der Waals surface area contributed by atoms with Gasteiger partial charge in [-0.15, -0.1) is 0 Å². The highest BCUT2D eigenvalue weighted by Gasteiger charge is 2.07. The normalized spacial score (nSPS) is 11.0. The molecule has 0 aliphatic rings. The van der Waals surface area contributed by atoms with E-state index >= 15 is 0 Å². The van der Waals surface area contributed by atoms with Crippen LogP contribution >= 0.6 is 22.6 Å². The Morgan fingerprint density at radius 2 is 1.94 bits per heavy atom. The molecule has 0 radical (unpaired) electrons. The molecule has 0 atom stereocenters. The zero-order valence-electron chi connectivity index (χ0n) is 11.2. The van der Waals surface area contributed by atoms with E-state index in [0.717, 1.165) is 13.1 Å². The van der Waals surface area contributed by atoms with Crippen molar-refractivity contribution in [2.24, 2.45) is 5.92 Å². The zero-order valence-corrected chi connectivity index (χ0v) is 13.4. The van der Waals surface area contributed by atoms with Gasteiger partial charge in [0, 0.05) is 16.7 Å². The van der Waals surface area contributed by atoms with E-state index in [2.05, 4.69) is 66.0 Å². The number of likely N-dealkylation sites (N-methyl/N-ethyl adjacent to an activating group) is 1. The first-order valence-corrected chi connectivity index (χ1v) is 7.25. The maximum Gasteiger partial charge on any atom is 0.234 e. The molecule has 100 valence electrons. The minimum atomic E-state index is 0.0942. The topological polar surface area (TPSA) is 32.3 Å². The number of halogens is 1. The van der Waals surface area contributed by atoms with Crippen molar-refractivity contribution in [1.29, 1.82) is 0 Å². The van der Waals surface area contributed by atoms with Crippen LogP contribution in [0.15, 0.2) is 24.3 Å². The fourth-order valence-electron chi connectivity index (χ4n) is 1.58. The molecular weight excluding hydrogens is 339 g/mol. The van der Waals surface area contributed by atoms with E-state index < -0.39 is 0 Å². The molecular formula is C14H21IN2O. The Balaban J connectivity index is 2.34. The highest BCUT2D eigenvalue weighted by atomic mass is 127. The summed E-state index contributed by atoms with van der Waals surface area (Å²) in [6.07, 6.45) is 0.